The van der Waals surface area contributed by atoms with E-state index >= 15 is 0 Å². The molecule has 0 aliphatic carbocycles. The van der Waals surface area contributed by atoms with Gasteiger partial charge >= 0.3 is 23.9 Å². The van der Waals surface area contributed by atoms with Gasteiger partial charge in [0.05, 0.1) is 0 Å². The number of rotatable bonds is 14. The van der Waals surface area contributed by atoms with Crippen LogP contribution in [0.15, 0.2) is 0 Å². The van der Waals surface area contributed by atoms with Gasteiger partial charge in [-0.15, -0.1) is 0 Å². The Labute approximate surface area is 188 Å². The predicted molar refractivity (Wildman–Crippen MR) is 116 cm³/mol. The first-order valence-corrected chi connectivity index (χ1v) is 10.1. The number of nitrogens with two attached hydrogens (primary N) is 2. The van der Waals surface area contributed by atoms with Gasteiger partial charge in [-0.2, -0.15) is 0 Å². The number of carbonyl (C=O) groups excluding carboxylic acids is 2. The molecular weight excluding hydrogens is 428 g/mol. The van der Waals surface area contributed by atoms with Crippen molar-refractivity contribution >= 4 is 35.9 Å². The highest BCUT2D eigenvalue weighted by molar-refractivity contribution is 6.31. The van der Waals surface area contributed by atoms with E-state index in [1.54, 1.807) is 0 Å². The normalized spacial score (nSPS) is 9.88. The van der Waals surface area contributed by atoms with E-state index in [2.05, 4.69) is 0 Å². The van der Waals surface area contributed by atoms with Gasteiger partial charge in [0, 0.05) is 26.2 Å². The molecule has 0 radical (unpaired) electrons. The van der Waals surface area contributed by atoms with Gasteiger partial charge in [-0.3, -0.25) is 19.2 Å². The second-order valence-corrected chi connectivity index (χ2v) is 6.49. The number of aldehydes is 1. The third kappa shape index (κ3) is 50.6. The van der Waals surface area contributed by atoms with Crippen molar-refractivity contribution in [2.75, 3.05) is 6.54 Å². The van der Waals surface area contributed by atoms with E-state index in [9.17, 15) is 28.8 Å². The summed E-state index contributed by atoms with van der Waals surface area (Å²) < 4.78 is 0. The molecule has 0 unspecified atom stereocenters. The van der Waals surface area contributed by atoms with Crippen LogP contribution in [-0.2, 0) is 28.8 Å². The van der Waals surface area contributed by atoms with Gasteiger partial charge in [-0.25, -0.2) is 4.79 Å². The summed E-state index contributed by atoms with van der Waals surface area (Å²) >= 11 is 0. The van der Waals surface area contributed by atoms with Crippen LogP contribution < -0.4 is 11.5 Å². The number of ketones is 1. The van der Waals surface area contributed by atoms with Gasteiger partial charge in [0.2, 0.25) is 5.78 Å². The number of carboxylic acids is 4. The zero-order valence-corrected chi connectivity index (χ0v) is 18.8. The van der Waals surface area contributed by atoms with Crippen molar-refractivity contribution in [1.29, 1.82) is 0 Å². The number of Topliss-reactive ketones (excluding diaryl/α,β-unsaturated/α-hetero) is 1. The molecule has 0 fully saturated rings. The molecule has 0 saturated heterocycles. The van der Waals surface area contributed by atoms with Crippen LogP contribution in [0.3, 0.4) is 0 Å². The predicted octanol–water partition coefficient (Wildman–Crippen LogP) is 1.28. The maximum absolute atomic E-state index is 10.0. The van der Waals surface area contributed by atoms with Crippen LogP contribution in [0.5, 0.6) is 0 Å². The van der Waals surface area contributed by atoms with Crippen LogP contribution in [0.25, 0.3) is 0 Å². The third-order valence-corrected chi connectivity index (χ3v) is 3.25. The molecule has 0 aromatic heterocycles. The van der Waals surface area contributed by atoms with Crippen molar-refractivity contribution in [3.63, 3.8) is 0 Å². The van der Waals surface area contributed by atoms with Gasteiger partial charge in [0.15, 0.2) is 0 Å². The van der Waals surface area contributed by atoms with E-state index in [0.717, 1.165) is 51.7 Å². The minimum atomic E-state index is -1.38. The van der Waals surface area contributed by atoms with Gasteiger partial charge < -0.3 is 36.7 Å². The Bertz CT molecular complexity index is 524. The molecule has 12 heteroatoms. The number of unbranched alkanes of at least 4 members (excludes halogenated alkanes) is 6. The summed E-state index contributed by atoms with van der Waals surface area (Å²) in [7, 11) is 0. The fraction of sp³-hybridized carbons (Fsp3) is 0.700. The smallest absolute Gasteiger partial charge is 0.371 e. The Hall–Kier alpha value is -2.86. The van der Waals surface area contributed by atoms with Crippen molar-refractivity contribution in [1.82, 2.24) is 0 Å². The first-order valence-electron chi connectivity index (χ1n) is 10.1. The lowest BCUT2D eigenvalue weighted by Crippen LogP contribution is -2.25. The van der Waals surface area contributed by atoms with Crippen LogP contribution in [0, 0.1) is 0 Å². The molecular formula is C20H38N2O10. The quantitative estimate of drug-likeness (QED) is 0.121. The topological polar surface area (TPSA) is 235 Å². The number of carbonyl (C=O) groups is 6. The van der Waals surface area contributed by atoms with Crippen LogP contribution >= 0.6 is 0 Å². The number of hydrogen-bond acceptors (Lipinski definition) is 8. The number of carboxylic acid groups (broad SMARTS) is 4. The van der Waals surface area contributed by atoms with Gasteiger partial charge in [-0.1, -0.05) is 19.3 Å². The molecule has 0 heterocycles. The minimum Gasteiger partial charge on any atom is -0.481 e. The summed E-state index contributed by atoms with van der Waals surface area (Å²) in [6.45, 7) is 3.14. The molecule has 0 bridgehead atoms. The highest BCUT2D eigenvalue weighted by Crippen LogP contribution is 2.01. The zero-order valence-electron chi connectivity index (χ0n) is 18.8. The Kier molecular flexibility index (Phi) is 32.1. The molecule has 0 rings (SSSR count). The molecule has 0 aromatic carbocycles. The average Bonchev–Trinajstić information content (AvgIpc) is 2.68. The lowest BCUT2D eigenvalue weighted by Gasteiger charge is -1.95. The summed E-state index contributed by atoms with van der Waals surface area (Å²) in [6, 6.07) is -0.731. The van der Waals surface area contributed by atoms with E-state index in [1.807, 2.05) is 0 Å². The van der Waals surface area contributed by atoms with Crippen LogP contribution in [-0.4, -0.2) is 69.0 Å². The van der Waals surface area contributed by atoms with Crippen molar-refractivity contribution in [2.24, 2.45) is 11.5 Å². The third-order valence-electron chi connectivity index (χ3n) is 3.25. The second-order valence-electron chi connectivity index (χ2n) is 6.49. The fourth-order valence-corrected chi connectivity index (χ4v) is 1.45. The summed E-state index contributed by atoms with van der Waals surface area (Å²) in [5.41, 5.74) is 10.1. The molecule has 0 aromatic rings. The summed E-state index contributed by atoms with van der Waals surface area (Å²) in [4.78, 5) is 58.2. The van der Waals surface area contributed by atoms with E-state index in [1.165, 1.54) is 6.92 Å². The van der Waals surface area contributed by atoms with Gasteiger partial charge in [-0.05, 0) is 39.2 Å². The lowest BCUT2D eigenvalue weighted by molar-refractivity contribution is -0.148. The van der Waals surface area contributed by atoms with Crippen molar-refractivity contribution in [2.45, 2.75) is 84.1 Å². The van der Waals surface area contributed by atoms with Crippen molar-refractivity contribution in [3.05, 3.63) is 0 Å². The number of hydrogen-bond donors (Lipinski definition) is 6. The molecule has 32 heavy (non-hydrogen) atoms. The molecule has 12 nitrogen and oxygen atoms in total. The molecule has 0 spiro atoms. The Morgan fingerprint density at radius 3 is 1.38 bits per heavy atom. The standard InChI is InChI=1S/C7H15NO2.C7H12O3.C3H7NO2.C3H4O3/c2*8-6-4-2-1-3-5-7(9)10;2*1-2(4)3(5)6/h1-6,8H2,(H,9,10);6H,1-5H2,(H,9,10);2H,4H2,1H3,(H,5,6);1H3,(H,5,6)/t;;2-;/m..0./s1. The molecule has 0 aliphatic rings. The second kappa shape index (κ2) is 28.1. The Morgan fingerprint density at radius 2 is 1.12 bits per heavy atom. The van der Waals surface area contributed by atoms with E-state index in [4.69, 9.17) is 31.9 Å². The highest BCUT2D eigenvalue weighted by Gasteiger charge is 2.00. The van der Waals surface area contributed by atoms with Crippen LogP contribution in [0.4, 0.5) is 0 Å². The van der Waals surface area contributed by atoms with Crippen molar-refractivity contribution < 1.29 is 49.2 Å². The van der Waals surface area contributed by atoms with Gasteiger partial charge in [0.25, 0.3) is 0 Å². The summed E-state index contributed by atoms with van der Waals surface area (Å²) in [5, 5.41) is 32.0. The average molecular weight is 467 g/mol. The van der Waals surface area contributed by atoms with Crippen LogP contribution in [0.1, 0.15) is 78.1 Å². The van der Waals surface area contributed by atoms with E-state index in [-0.39, 0.29) is 6.42 Å². The zero-order chi connectivity index (χ0) is 25.9. The SMILES string of the molecule is CC(=O)C(=O)O.C[C@H](N)C(=O)O.NCCCCCCC(=O)O.O=CCCCCCC(=O)O. The summed E-state index contributed by atoms with van der Waals surface area (Å²) in [5.74, 6) is -4.63. The van der Waals surface area contributed by atoms with Crippen LogP contribution in [0.2, 0.25) is 0 Å². The van der Waals surface area contributed by atoms with Gasteiger partial charge in [0.1, 0.15) is 12.3 Å². The van der Waals surface area contributed by atoms with E-state index < -0.39 is 35.7 Å². The lowest BCUT2D eigenvalue weighted by atomic mass is 10.1. The molecule has 0 aliphatic heterocycles. The molecule has 8 N–H and O–H groups in total. The Balaban J connectivity index is -0.000000168. The first-order chi connectivity index (χ1) is 14.8. The van der Waals surface area contributed by atoms with E-state index in [0.29, 0.717) is 25.8 Å². The Morgan fingerprint density at radius 1 is 0.781 bits per heavy atom. The first kappa shape index (κ1) is 36.5. The molecule has 0 amide bonds. The van der Waals surface area contributed by atoms with Crippen molar-refractivity contribution in [3.8, 4) is 0 Å². The minimum absolute atomic E-state index is 0.221. The number of aliphatic carboxylic acids is 4. The maximum Gasteiger partial charge on any atom is 0.371 e. The maximum atomic E-state index is 10.0. The largest absolute Gasteiger partial charge is 0.481 e. The fourth-order valence-electron chi connectivity index (χ4n) is 1.45. The molecule has 1 atom stereocenters. The monoisotopic (exact) mass is 466 g/mol. The highest BCUT2D eigenvalue weighted by atomic mass is 16.4. The summed E-state index contributed by atoms with van der Waals surface area (Å²) in [6.07, 6.45) is 8.12. The molecule has 0 saturated carbocycles. The molecule has 188 valence electrons.